The third-order valence-electron chi connectivity index (χ3n) is 11.2. The smallest absolute Gasteiger partial charge is 0.351 e. The summed E-state index contributed by atoms with van der Waals surface area (Å²) in [7, 11) is 3.85. The largest absolute Gasteiger partial charge is 0.497 e. The number of fused-ring (bicyclic) bond motifs is 2. The molecule has 4 aromatic carbocycles. The highest BCUT2D eigenvalue weighted by Gasteiger charge is 2.45. The average Bonchev–Trinajstić information content (AvgIpc) is 3.69. The van der Waals surface area contributed by atoms with E-state index in [0.29, 0.717) is 18.8 Å². The Hall–Kier alpha value is -4.46. The van der Waals surface area contributed by atoms with Crippen LogP contribution in [0, 0.1) is 0 Å². The van der Waals surface area contributed by atoms with Gasteiger partial charge in [0.1, 0.15) is 29.4 Å². The summed E-state index contributed by atoms with van der Waals surface area (Å²) in [6.45, 7) is 13.1. The number of anilines is 3. The number of aromatic nitrogens is 2. The second-order valence-electron chi connectivity index (χ2n) is 15.3. The Morgan fingerprint density at radius 2 is 1.54 bits per heavy atom. The molecule has 3 heterocycles. The van der Waals surface area contributed by atoms with E-state index >= 15 is 0 Å². The van der Waals surface area contributed by atoms with Gasteiger partial charge in [-0.25, -0.2) is 9.46 Å². The number of methoxy groups -OCH3 is 2. The number of rotatable bonds is 19. The topological polar surface area (TPSA) is 109 Å². The molecule has 7 rings (SSSR count). The van der Waals surface area contributed by atoms with E-state index < -0.39 is 38.3 Å². The first-order valence-corrected chi connectivity index (χ1v) is 23.0. The maximum Gasteiger partial charge on any atom is 0.351 e. The second kappa shape index (κ2) is 20.2. The lowest BCUT2D eigenvalue weighted by Gasteiger charge is -2.37. The lowest BCUT2D eigenvalue weighted by atomic mass is 9.80. The van der Waals surface area contributed by atoms with E-state index in [1.807, 2.05) is 80.0 Å². The third kappa shape index (κ3) is 9.64. The second-order valence-corrected chi connectivity index (χ2v) is 17.9. The van der Waals surface area contributed by atoms with Crippen LogP contribution < -0.4 is 25.4 Å². The Bertz CT molecular complexity index is 2210. The SMILES string of the molecule is CCCOP(OC1C[C@H](n2cc3c(nc2=O)Nc2cc(N(CC)CC)ccc2S3)O[C@@H]1COC(c1ccccc1)(c1ccc(OC)cc1)c1ccc(OC)cc1)N(C)C(C)C. The van der Waals surface area contributed by atoms with Crippen molar-refractivity contribution in [3.05, 3.63) is 130 Å². The van der Waals surface area contributed by atoms with Crippen LogP contribution in [0.2, 0.25) is 0 Å². The van der Waals surface area contributed by atoms with Crippen molar-refractivity contribution in [2.75, 3.05) is 57.8 Å². The molecule has 12 nitrogen and oxygen atoms in total. The van der Waals surface area contributed by atoms with Crippen molar-refractivity contribution >= 4 is 37.5 Å². The van der Waals surface area contributed by atoms with Crippen LogP contribution in [0.5, 0.6) is 11.5 Å². The minimum atomic E-state index is -1.48. The lowest BCUT2D eigenvalue weighted by Crippen LogP contribution is -2.39. The molecule has 1 aromatic heterocycles. The van der Waals surface area contributed by atoms with Gasteiger partial charge in [-0.2, -0.15) is 4.98 Å². The summed E-state index contributed by atoms with van der Waals surface area (Å²) in [4.78, 5) is 22.7. The molecule has 4 atom stereocenters. The maximum atomic E-state index is 14.0. The Morgan fingerprint density at radius 1 is 0.902 bits per heavy atom. The quantitative estimate of drug-likeness (QED) is 0.0619. The van der Waals surface area contributed by atoms with Crippen LogP contribution in [0.4, 0.5) is 17.2 Å². The Kier molecular flexibility index (Phi) is 14.7. The van der Waals surface area contributed by atoms with Crippen LogP contribution in [0.25, 0.3) is 0 Å². The molecule has 2 aliphatic rings. The van der Waals surface area contributed by atoms with Crippen molar-refractivity contribution in [3.63, 3.8) is 0 Å². The Morgan fingerprint density at radius 3 is 2.13 bits per heavy atom. The van der Waals surface area contributed by atoms with Crippen molar-refractivity contribution in [1.29, 1.82) is 0 Å². The van der Waals surface area contributed by atoms with Gasteiger partial charge in [0.25, 0.3) is 8.53 Å². The number of nitrogens with one attached hydrogen (secondary N) is 1. The molecule has 1 fully saturated rings. The van der Waals surface area contributed by atoms with Gasteiger partial charge < -0.3 is 38.2 Å². The van der Waals surface area contributed by atoms with Gasteiger partial charge in [0.15, 0.2) is 5.82 Å². The van der Waals surface area contributed by atoms with Crippen LogP contribution in [0.15, 0.2) is 118 Å². The van der Waals surface area contributed by atoms with E-state index in [1.54, 1.807) is 30.5 Å². The van der Waals surface area contributed by atoms with Gasteiger partial charge in [-0.05, 0) is 100 Å². The highest BCUT2D eigenvalue weighted by molar-refractivity contribution is 7.99. The van der Waals surface area contributed by atoms with Crippen LogP contribution in [-0.4, -0.2) is 80.0 Å². The lowest BCUT2D eigenvalue weighted by molar-refractivity contribution is -0.0924. The van der Waals surface area contributed by atoms with Gasteiger partial charge in [-0.1, -0.05) is 73.3 Å². The Balaban J connectivity index is 1.26. The molecule has 14 heteroatoms. The number of hydrogen-bond donors (Lipinski definition) is 1. The molecule has 0 bridgehead atoms. The van der Waals surface area contributed by atoms with E-state index in [1.165, 1.54) is 0 Å². The molecule has 0 aliphatic carbocycles. The summed E-state index contributed by atoms with van der Waals surface area (Å²) < 4.78 is 42.5. The summed E-state index contributed by atoms with van der Waals surface area (Å²) in [5, 5.41) is 3.43. The number of ether oxygens (including phenoxy) is 4. The standard InChI is InChI=1S/C47H58N5O7PS/c1-9-27-57-60(50(6)32(4)5)59-40-29-44(52-30-43-45(49-46(52)53)48-39-28-36(51(10-2)11-3)21-26-42(39)61-43)58-41(40)31-56-47(33-15-13-12-14-16-33,34-17-22-37(54-7)23-18-34)35-19-24-38(55-8)25-20-35/h12-26,28,30,32,40-41,44H,9-11,27,29,31H2,1-8H3,(H,48,49,53)/t40?,41-,44-,60?/m1/s1. The molecule has 5 aromatic rings. The van der Waals surface area contributed by atoms with E-state index in [-0.39, 0.29) is 12.6 Å². The fourth-order valence-electron chi connectivity index (χ4n) is 7.64. The van der Waals surface area contributed by atoms with E-state index in [9.17, 15) is 4.79 Å². The molecule has 1 saturated heterocycles. The minimum absolute atomic E-state index is 0.113. The molecule has 0 amide bonds. The molecule has 2 unspecified atom stereocenters. The molecule has 0 spiro atoms. The molecule has 1 N–H and O–H groups in total. The zero-order valence-electron chi connectivity index (χ0n) is 36.4. The summed E-state index contributed by atoms with van der Waals surface area (Å²) >= 11 is 1.58. The van der Waals surface area contributed by atoms with Gasteiger partial charge in [0.2, 0.25) is 0 Å². The monoisotopic (exact) mass is 867 g/mol. The first kappa shape index (κ1) is 44.6. The van der Waals surface area contributed by atoms with Crippen LogP contribution in [0.3, 0.4) is 0 Å². The van der Waals surface area contributed by atoms with Gasteiger partial charge in [-0.3, -0.25) is 4.57 Å². The molecule has 0 radical (unpaired) electrons. The molecule has 2 aliphatic heterocycles. The summed E-state index contributed by atoms with van der Waals surface area (Å²) in [5.74, 6) is 2.00. The molecule has 0 saturated carbocycles. The number of hydrogen-bond acceptors (Lipinski definition) is 12. The predicted octanol–water partition coefficient (Wildman–Crippen LogP) is 9.99. The summed E-state index contributed by atoms with van der Waals surface area (Å²) in [6, 6.07) is 32.6. The van der Waals surface area contributed by atoms with E-state index in [2.05, 4.69) is 84.8 Å². The Labute approximate surface area is 365 Å². The van der Waals surface area contributed by atoms with Crippen molar-refractivity contribution in [3.8, 4) is 11.5 Å². The normalized spacial score (nSPS) is 17.8. The van der Waals surface area contributed by atoms with Crippen molar-refractivity contribution in [1.82, 2.24) is 14.2 Å². The predicted molar refractivity (Wildman–Crippen MR) is 244 cm³/mol. The fraction of sp³-hybridized carbons (Fsp3) is 0.404. The number of benzene rings is 4. The van der Waals surface area contributed by atoms with Crippen LogP contribution >= 0.6 is 20.3 Å². The fourth-order valence-corrected chi connectivity index (χ4v) is 10.2. The van der Waals surface area contributed by atoms with Crippen molar-refractivity contribution in [2.45, 2.75) is 87.3 Å². The van der Waals surface area contributed by atoms with E-state index in [4.69, 9.17) is 28.0 Å². The van der Waals surface area contributed by atoms with E-state index in [0.717, 1.165) is 68.9 Å². The van der Waals surface area contributed by atoms with Crippen molar-refractivity contribution < 1.29 is 28.0 Å². The third-order valence-corrected chi connectivity index (χ3v) is 14.2. The van der Waals surface area contributed by atoms with Gasteiger partial charge >= 0.3 is 5.69 Å². The summed E-state index contributed by atoms with van der Waals surface area (Å²) in [6.07, 6.45) is 1.29. The zero-order valence-corrected chi connectivity index (χ0v) is 38.1. The average molecular weight is 868 g/mol. The van der Waals surface area contributed by atoms with Crippen molar-refractivity contribution in [2.24, 2.45) is 0 Å². The maximum absolute atomic E-state index is 14.0. The molecule has 61 heavy (non-hydrogen) atoms. The van der Waals surface area contributed by atoms with Gasteiger partial charge in [0.05, 0.1) is 44.1 Å². The number of nitrogens with zero attached hydrogens (tertiary/aromatic N) is 4. The molecule has 324 valence electrons. The van der Waals surface area contributed by atoms with Gasteiger partial charge in [-0.15, -0.1) is 0 Å². The van der Waals surface area contributed by atoms with Crippen LogP contribution in [0.1, 0.15) is 70.4 Å². The van der Waals surface area contributed by atoms with Crippen LogP contribution in [-0.2, 0) is 24.1 Å². The zero-order chi connectivity index (χ0) is 43.1. The first-order chi connectivity index (χ1) is 29.6. The van der Waals surface area contributed by atoms with Gasteiger partial charge in [0, 0.05) is 42.3 Å². The highest BCUT2D eigenvalue weighted by atomic mass is 32.2. The molecular weight excluding hydrogens is 810 g/mol. The summed E-state index contributed by atoms with van der Waals surface area (Å²) in [5.41, 5.74) is 3.26. The first-order valence-electron chi connectivity index (χ1n) is 21.1. The molecular formula is C47H58N5O7PS. The minimum Gasteiger partial charge on any atom is -0.497 e. The highest BCUT2D eigenvalue weighted by Crippen LogP contribution is 2.50.